The number of amides is 3. The van der Waals surface area contributed by atoms with Crippen molar-refractivity contribution in [2.75, 3.05) is 18.2 Å². The molecule has 3 aromatic rings. The number of ether oxygens (including phenoxy) is 1. The second-order valence-corrected chi connectivity index (χ2v) is 7.13. The van der Waals surface area contributed by atoms with Gasteiger partial charge in [-0.15, -0.1) is 5.10 Å². The predicted molar refractivity (Wildman–Crippen MR) is 110 cm³/mol. The van der Waals surface area contributed by atoms with Crippen LogP contribution in [0.5, 0.6) is 5.75 Å². The molecule has 0 spiro atoms. The molecule has 3 amide bonds. The molecule has 0 atom stereocenters. The molecule has 0 aliphatic heterocycles. The van der Waals surface area contributed by atoms with Crippen molar-refractivity contribution < 1.29 is 14.3 Å². The zero-order chi connectivity index (χ0) is 20.8. The number of benzene rings is 2. The topological polar surface area (TPSA) is 111 Å². The average molecular weight is 412 g/mol. The summed E-state index contributed by atoms with van der Waals surface area (Å²) in [6.45, 7) is 3.97. The van der Waals surface area contributed by atoms with Crippen LogP contribution < -0.4 is 15.4 Å². The van der Waals surface area contributed by atoms with Crippen LogP contribution in [-0.4, -0.2) is 45.0 Å². The number of nitrogens with one attached hydrogen (secondary N) is 2. The number of methoxy groups -OCH3 is 1. The average Bonchev–Trinajstić information content (AvgIpc) is 3.15. The Labute approximate surface area is 171 Å². The molecule has 10 heteroatoms. The molecule has 0 aliphatic carbocycles. The Morgan fingerprint density at radius 1 is 1.14 bits per heavy atom. The van der Waals surface area contributed by atoms with Gasteiger partial charge in [0.25, 0.3) is 0 Å². The first kappa shape index (κ1) is 20.3. The van der Waals surface area contributed by atoms with E-state index in [0.717, 1.165) is 28.6 Å². The molecular formula is C19H20N6O3S. The minimum Gasteiger partial charge on any atom is -0.497 e. The van der Waals surface area contributed by atoms with Crippen LogP contribution in [0.3, 0.4) is 0 Å². The van der Waals surface area contributed by atoms with Crippen LogP contribution >= 0.6 is 11.8 Å². The van der Waals surface area contributed by atoms with Gasteiger partial charge >= 0.3 is 6.03 Å². The zero-order valence-corrected chi connectivity index (χ0v) is 17.0. The number of urea groups is 1. The first-order valence-corrected chi connectivity index (χ1v) is 9.68. The van der Waals surface area contributed by atoms with Gasteiger partial charge in [0, 0.05) is 5.69 Å². The van der Waals surface area contributed by atoms with Crippen molar-refractivity contribution in [2.24, 2.45) is 0 Å². The molecule has 1 heterocycles. The van der Waals surface area contributed by atoms with Crippen molar-refractivity contribution in [3.63, 3.8) is 0 Å². The van der Waals surface area contributed by atoms with Crippen LogP contribution in [0.25, 0.3) is 5.69 Å². The number of anilines is 1. The SMILES string of the molecule is COc1ccc(NC(=O)NC(=O)CSc2nnnn2-c2ccc(C)cc2C)cc1. The molecule has 1 aromatic heterocycles. The third-order valence-electron chi connectivity index (χ3n) is 3.95. The van der Waals surface area contributed by atoms with Gasteiger partial charge in [0.1, 0.15) is 5.75 Å². The van der Waals surface area contributed by atoms with Crippen molar-refractivity contribution in [2.45, 2.75) is 19.0 Å². The highest BCUT2D eigenvalue weighted by molar-refractivity contribution is 7.99. The molecule has 9 nitrogen and oxygen atoms in total. The number of thioether (sulfide) groups is 1. The van der Waals surface area contributed by atoms with E-state index < -0.39 is 11.9 Å². The molecule has 3 rings (SSSR count). The van der Waals surface area contributed by atoms with E-state index in [1.807, 2.05) is 32.0 Å². The molecule has 0 aliphatic rings. The van der Waals surface area contributed by atoms with Crippen molar-refractivity contribution in [1.29, 1.82) is 0 Å². The van der Waals surface area contributed by atoms with Crippen LogP contribution in [-0.2, 0) is 4.79 Å². The fourth-order valence-electron chi connectivity index (χ4n) is 2.59. The van der Waals surface area contributed by atoms with Crippen molar-refractivity contribution in [1.82, 2.24) is 25.5 Å². The van der Waals surface area contributed by atoms with E-state index in [1.54, 1.807) is 36.1 Å². The fraction of sp³-hybridized carbons (Fsp3) is 0.211. The first-order valence-electron chi connectivity index (χ1n) is 8.70. The maximum atomic E-state index is 12.1. The van der Waals surface area contributed by atoms with Gasteiger partial charge in [0.15, 0.2) is 0 Å². The molecule has 0 saturated heterocycles. The molecule has 150 valence electrons. The highest BCUT2D eigenvalue weighted by atomic mass is 32.2. The highest BCUT2D eigenvalue weighted by Gasteiger charge is 2.14. The lowest BCUT2D eigenvalue weighted by Crippen LogP contribution is -2.35. The quantitative estimate of drug-likeness (QED) is 0.599. The molecule has 2 N–H and O–H groups in total. The van der Waals surface area contributed by atoms with Crippen LogP contribution in [0.15, 0.2) is 47.6 Å². The van der Waals surface area contributed by atoms with Crippen LogP contribution in [0, 0.1) is 13.8 Å². The minimum absolute atomic E-state index is 0.0126. The Bertz CT molecular complexity index is 1020. The third kappa shape index (κ3) is 5.32. The molecule has 2 aromatic carbocycles. The minimum atomic E-state index is -0.616. The number of tetrazole rings is 1. The number of aryl methyl sites for hydroxylation is 2. The molecule has 0 unspecified atom stereocenters. The normalized spacial score (nSPS) is 10.4. The van der Waals surface area contributed by atoms with Gasteiger partial charge in [-0.3, -0.25) is 10.1 Å². The molecule has 29 heavy (non-hydrogen) atoms. The highest BCUT2D eigenvalue weighted by Crippen LogP contribution is 2.21. The first-order chi connectivity index (χ1) is 14.0. The Hall–Kier alpha value is -3.40. The van der Waals surface area contributed by atoms with E-state index in [0.29, 0.717) is 16.6 Å². The summed E-state index contributed by atoms with van der Waals surface area (Å²) in [7, 11) is 1.56. The number of carbonyl (C=O) groups is 2. The van der Waals surface area contributed by atoms with Gasteiger partial charge in [-0.1, -0.05) is 29.5 Å². The van der Waals surface area contributed by atoms with Crippen molar-refractivity contribution in [3.05, 3.63) is 53.6 Å². The summed E-state index contributed by atoms with van der Waals surface area (Å²) in [5.41, 5.74) is 3.53. The Morgan fingerprint density at radius 3 is 2.59 bits per heavy atom. The van der Waals surface area contributed by atoms with E-state index in [-0.39, 0.29) is 5.75 Å². The number of hydrogen-bond donors (Lipinski definition) is 2. The van der Waals surface area contributed by atoms with Gasteiger partial charge < -0.3 is 10.1 Å². The van der Waals surface area contributed by atoms with Gasteiger partial charge in [0.2, 0.25) is 11.1 Å². The van der Waals surface area contributed by atoms with E-state index in [9.17, 15) is 9.59 Å². The summed E-state index contributed by atoms with van der Waals surface area (Å²) in [6, 6.07) is 12.1. The summed E-state index contributed by atoms with van der Waals surface area (Å²) < 4.78 is 6.63. The van der Waals surface area contributed by atoms with Crippen molar-refractivity contribution in [3.8, 4) is 11.4 Å². The van der Waals surface area contributed by atoms with Gasteiger partial charge in [-0.25, -0.2) is 4.79 Å². The van der Waals surface area contributed by atoms with Crippen LogP contribution in [0.4, 0.5) is 10.5 Å². The predicted octanol–water partition coefficient (Wildman–Crippen LogP) is 2.73. The maximum Gasteiger partial charge on any atom is 0.325 e. The molecule has 0 saturated carbocycles. The largest absolute Gasteiger partial charge is 0.497 e. The smallest absolute Gasteiger partial charge is 0.325 e. The Balaban J connectivity index is 1.56. The fourth-order valence-corrected chi connectivity index (χ4v) is 3.28. The summed E-state index contributed by atoms with van der Waals surface area (Å²) in [5.74, 6) is 0.197. The van der Waals surface area contributed by atoms with Crippen molar-refractivity contribution >= 4 is 29.4 Å². The number of imide groups is 1. The molecule has 0 bridgehead atoms. The maximum absolute atomic E-state index is 12.1. The summed E-state index contributed by atoms with van der Waals surface area (Å²) in [6.07, 6.45) is 0. The lowest BCUT2D eigenvalue weighted by atomic mass is 10.1. The van der Waals surface area contributed by atoms with Gasteiger partial charge in [-0.05, 0) is 60.2 Å². The van der Waals surface area contributed by atoms with Crippen LogP contribution in [0.2, 0.25) is 0 Å². The molecular weight excluding hydrogens is 392 g/mol. The molecule has 0 radical (unpaired) electrons. The third-order valence-corrected chi connectivity index (χ3v) is 4.87. The number of rotatable bonds is 6. The Morgan fingerprint density at radius 2 is 1.90 bits per heavy atom. The second-order valence-electron chi connectivity index (χ2n) is 6.18. The number of aromatic nitrogens is 4. The summed E-state index contributed by atoms with van der Waals surface area (Å²) >= 11 is 1.14. The number of carbonyl (C=O) groups excluding carboxylic acids is 2. The van der Waals surface area contributed by atoms with E-state index >= 15 is 0 Å². The van der Waals surface area contributed by atoms with Gasteiger partial charge in [0.05, 0.1) is 18.6 Å². The summed E-state index contributed by atoms with van der Waals surface area (Å²) in [4.78, 5) is 24.1. The number of nitrogens with zero attached hydrogens (tertiary/aromatic N) is 4. The Kier molecular flexibility index (Phi) is 6.45. The number of hydrogen-bond acceptors (Lipinski definition) is 7. The standard InChI is InChI=1S/C19H20N6O3S/c1-12-4-9-16(13(2)10-12)25-19(22-23-24-25)29-11-17(26)21-18(27)20-14-5-7-15(28-3)8-6-14/h4-10H,11H2,1-3H3,(H2,20,21,26,27). The van der Waals surface area contributed by atoms with E-state index in [1.165, 1.54) is 0 Å². The lowest BCUT2D eigenvalue weighted by molar-refractivity contribution is -0.117. The molecule has 0 fully saturated rings. The second kappa shape index (κ2) is 9.20. The lowest BCUT2D eigenvalue weighted by Gasteiger charge is -2.09. The van der Waals surface area contributed by atoms with E-state index in [2.05, 4.69) is 26.2 Å². The van der Waals surface area contributed by atoms with Gasteiger partial charge in [-0.2, -0.15) is 4.68 Å². The van der Waals surface area contributed by atoms with E-state index in [4.69, 9.17) is 4.74 Å². The summed E-state index contributed by atoms with van der Waals surface area (Å²) in [5, 5.41) is 17.0. The monoisotopic (exact) mass is 412 g/mol. The zero-order valence-electron chi connectivity index (χ0n) is 16.2. The van der Waals surface area contributed by atoms with Crippen LogP contribution in [0.1, 0.15) is 11.1 Å².